The van der Waals surface area contributed by atoms with Gasteiger partial charge in [0.05, 0.1) is 18.8 Å². The summed E-state index contributed by atoms with van der Waals surface area (Å²) in [5.74, 6) is -1.84. The molecule has 1 rings (SSSR count). The van der Waals surface area contributed by atoms with Crippen LogP contribution in [0.4, 0.5) is 0 Å². The van der Waals surface area contributed by atoms with E-state index in [-0.39, 0.29) is 54.8 Å². The Kier molecular flexibility index (Phi) is 42.0. The number of carbonyl (C=O) groups is 6. The lowest BCUT2D eigenvalue weighted by atomic mass is 10.0. The fourth-order valence-corrected chi connectivity index (χ4v) is 4.85. The van der Waals surface area contributed by atoms with E-state index in [2.05, 4.69) is 52.8 Å². The van der Waals surface area contributed by atoms with Crippen LogP contribution >= 0.6 is 0 Å². The highest BCUT2D eigenvalue weighted by molar-refractivity contribution is 5.94. The van der Waals surface area contributed by atoms with Gasteiger partial charge in [-0.15, -0.1) is 6.58 Å². The topological polar surface area (TPSA) is 151 Å². The molecule has 0 aromatic rings. The molecule has 1 aliphatic heterocycles. The third-order valence-electron chi connectivity index (χ3n) is 7.84. The van der Waals surface area contributed by atoms with Gasteiger partial charge in [0.1, 0.15) is 25.4 Å². The Morgan fingerprint density at radius 2 is 1.20 bits per heavy atom. The average Bonchev–Trinajstić information content (AvgIpc) is 3.35. The van der Waals surface area contributed by atoms with E-state index in [1.165, 1.54) is 123 Å². The molecular weight excluding hydrogens is 690 g/mol. The highest BCUT2D eigenvalue weighted by atomic mass is 16.6. The van der Waals surface area contributed by atoms with Crippen LogP contribution in [0, 0.1) is 5.92 Å². The number of carbonyl (C=O) groups excluding carboxylic acids is 6. The first kappa shape index (κ1) is 54.3. The van der Waals surface area contributed by atoms with Crippen LogP contribution in [0.2, 0.25) is 0 Å². The quantitative estimate of drug-likeness (QED) is 0.0172. The molecule has 0 spiro atoms. The number of ketones is 1. The Morgan fingerprint density at radius 3 is 1.61 bits per heavy atom. The molecular formula is C43H73NO10. The summed E-state index contributed by atoms with van der Waals surface area (Å²) in [5.41, 5.74) is 0.282. The van der Waals surface area contributed by atoms with Crippen molar-refractivity contribution in [1.29, 1.82) is 0 Å². The second-order valence-electron chi connectivity index (χ2n) is 13.1. The van der Waals surface area contributed by atoms with Crippen molar-refractivity contribution < 1.29 is 47.7 Å². The van der Waals surface area contributed by atoms with Crippen molar-refractivity contribution in [2.75, 3.05) is 26.4 Å². The van der Waals surface area contributed by atoms with E-state index in [4.69, 9.17) is 4.74 Å². The van der Waals surface area contributed by atoms with Crippen LogP contribution in [-0.2, 0) is 47.7 Å². The number of nitrogens with one attached hydrogen (secondary N) is 1. The predicted molar refractivity (Wildman–Crippen MR) is 215 cm³/mol. The van der Waals surface area contributed by atoms with Crippen molar-refractivity contribution >= 4 is 35.6 Å². The molecule has 1 N–H and O–H groups in total. The van der Waals surface area contributed by atoms with E-state index in [0.29, 0.717) is 6.61 Å². The van der Waals surface area contributed by atoms with Crippen molar-refractivity contribution in [3.05, 3.63) is 50.3 Å². The van der Waals surface area contributed by atoms with Gasteiger partial charge in [-0.2, -0.15) is 0 Å². The number of esters is 4. The summed E-state index contributed by atoms with van der Waals surface area (Å²) in [6.45, 7) is 21.2. The standard InChI is InChI=1S/C21H40O2.C10H14O5.C8H13NO.C4H6O2/c1-3-5-6-7-8-9-10-11-12-13-14-15-16-17-18-19-20-23-21(22)4-2;1-7(2)10(13)15-5-4-14-9(12)6-8(3)11;1-2-7-5-3-4-6-9-8(7)10;1-3-6-4(2)5/h4H,2-3,5-20H2,1H3;1,4-6H2,2-3H3;2,7H,1,3-6H2,(H,9,10);3H,1H2,2H3. The summed E-state index contributed by atoms with van der Waals surface area (Å²) < 4.78 is 18.4. The van der Waals surface area contributed by atoms with Gasteiger partial charge in [-0.3, -0.25) is 19.2 Å². The minimum absolute atomic E-state index is 0.0324. The normalized spacial score (nSPS) is 12.8. The summed E-state index contributed by atoms with van der Waals surface area (Å²) in [7, 11) is 0. The molecule has 1 heterocycles. The van der Waals surface area contributed by atoms with Gasteiger partial charge in [0.15, 0.2) is 0 Å². The molecule has 1 unspecified atom stereocenters. The van der Waals surface area contributed by atoms with E-state index in [1.807, 2.05) is 0 Å². The Morgan fingerprint density at radius 1 is 0.704 bits per heavy atom. The van der Waals surface area contributed by atoms with Gasteiger partial charge in [-0.05, 0) is 33.1 Å². The third kappa shape index (κ3) is 44.1. The Hall–Kier alpha value is -4.02. The van der Waals surface area contributed by atoms with E-state index >= 15 is 0 Å². The van der Waals surface area contributed by atoms with Crippen LogP contribution in [0.3, 0.4) is 0 Å². The van der Waals surface area contributed by atoms with Gasteiger partial charge in [0.2, 0.25) is 5.91 Å². The van der Waals surface area contributed by atoms with Crippen molar-refractivity contribution in [2.45, 2.75) is 156 Å². The fourth-order valence-electron chi connectivity index (χ4n) is 4.85. The number of rotatable bonds is 26. The van der Waals surface area contributed by atoms with Gasteiger partial charge in [-0.1, -0.05) is 135 Å². The lowest BCUT2D eigenvalue weighted by molar-refractivity contribution is -0.151. The lowest BCUT2D eigenvalue weighted by Gasteiger charge is -2.05. The van der Waals surface area contributed by atoms with Gasteiger partial charge in [0.25, 0.3) is 0 Å². The van der Waals surface area contributed by atoms with E-state index in [0.717, 1.165) is 38.5 Å². The SMILES string of the molecule is C=C(C)C(=O)OCCOC(=O)CC(C)=O.C=CC(=O)OCCCCCCCCCCCCCCCCCC.C=CC1CCCCNC1=O.C=COC(C)=O. The molecule has 0 bridgehead atoms. The largest absolute Gasteiger partial charge is 0.463 e. The van der Waals surface area contributed by atoms with Crippen molar-refractivity contribution in [3.63, 3.8) is 0 Å². The van der Waals surface area contributed by atoms with Gasteiger partial charge in [0, 0.05) is 25.1 Å². The molecule has 0 aliphatic carbocycles. The zero-order valence-electron chi connectivity index (χ0n) is 34.2. The first-order chi connectivity index (χ1) is 25.9. The molecule has 1 fully saturated rings. The maximum atomic E-state index is 11.1. The maximum Gasteiger partial charge on any atom is 0.333 e. The molecule has 1 aliphatic rings. The summed E-state index contributed by atoms with van der Waals surface area (Å²) in [5, 5.41) is 2.84. The van der Waals surface area contributed by atoms with E-state index < -0.39 is 11.9 Å². The first-order valence-electron chi connectivity index (χ1n) is 19.8. The third-order valence-corrected chi connectivity index (χ3v) is 7.84. The molecule has 54 heavy (non-hydrogen) atoms. The number of hydrogen-bond acceptors (Lipinski definition) is 10. The number of Topliss-reactive ketones (excluding diaryl/α,β-unsaturated/α-hetero) is 1. The van der Waals surface area contributed by atoms with Crippen LogP contribution in [-0.4, -0.2) is 61.9 Å². The molecule has 1 saturated heterocycles. The highest BCUT2D eigenvalue weighted by Gasteiger charge is 2.16. The van der Waals surface area contributed by atoms with Gasteiger partial charge >= 0.3 is 23.9 Å². The van der Waals surface area contributed by atoms with Crippen LogP contribution in [0.1, 0.15) is 156 Å². The van der Waals surface area contributed by atoms with Crippen molar-refractivity contribution in [1.82, 2.24) is 5.32 Å². The van der Waals surface area contributed by atoms with Crippen molar-refractivity contribution in [3.8, 4) is 0 Å². The Balaban J connectivity index is -0.000000714. The minimum atomic E-state index is -0.617. The summed E-state index contributed by atoms with van der Waals surface area (Å²) >= 11 is 0. The van der Waals surface area contributed by atoms with Gasteiger partial charge in [-0.25, -0.2) is 9.59 Å². The Bertz CT molecular complexity index is 1070. The second kappa shape index (κ2) is 41.7. The monoisotopic (exact) mass is 764 g/mol. The summed E-state index contributed by atoms with van der Waals surface area (Å²) in [4.78, 5) is 63.8. The van der Waals surface area contributed by atoms with Gasteiger partial charge < -0.3 is 24.3 Å². The highest BCUT2D eigenvalue weighted by Crippen LogP contribution is 2.14. The van der Waals surface area contributed by atoms with E-state index in [1.54, 1.807) is 6.08 Å². The molecule has 0 aromatic carbocycles. The summed E-state index contributed by atoms with van der Waals surface area (Å²) in [6.07, 6.45) is 28.8. The van der Waals surface area contributed by atoms with Crippen LogP contribution in [0.25, 0.3) is 0 Å². The lowest BCUT2D eigenvalue weighted by Crippen LogP contribution is -2.27. The van der Waals surface area contributed by atoms with E-state index in [9.17, 15) is 28.8 Å². The number of ether oxygens (including phenoxy) is 4. The summed E-state index contributed by atoms with van der Waals surface area (Å²) in [6, 6.07) is 0. The molecule has 11 heteroatoms. The first-order valence-corrected chi connectivity index (χ1v) is 19.8. The maximum absolute atomic E-state index is 11.1. The molecule has 1 amide bonds. The van der Waals surface area contributed by atoms with Crippen LogP contribution in [0.15, 0.2) is 50.3 Å². The molecule has 0 radical (unpaired) electrons. The number of unbranched alkanes of at least 4 members (excludes halogenated alkanes) is 15. The van der Waals surface area contributed by atoms with Crippen LogP contribution in [0.5, 0.6) is 0 Å². The zero-order chi connectivity index (χ0) is 41.2. The smallest absolute Gasteiger partial charge is 0.333 e. The number of hydrogen-bond donors (Lipinski definition) is 1. The van der Waals surface area contributed by atoms with Crippen molar-refractivity contribution in [2.24, 2.45) is 5.92 Å². The Labute approximate surface area is 326 Å². The number of amides is 1. The second-order valence-corrected chi connectivity index (χ2v) is 13.1. The minimum Gasteiger partial charge on any atom is -0.463 e. The molecule has 0 saturated carbocycles. The molecule has 0 aromatic heterocycles. The molecule has 11 nitrogen and oxygen atoms in total. The predicted octanol–water partition coefficient (Wildman–Crippen LogP) is 9.39. The molecule has 310 valence electrons. The zero-order valence-corrected chi connectivity index (χ0v) is 34.2. The average molecular weight is 764 g/mol. The van der Waals surface area contributed by atoms with Crippen LogP contribution < -0.4 is 5.32 Å². The fraction of sp³-hybridized carbons (Fsp3) is 0.674. The molecule has 1 atom stereocenters.